The third-order valence-corrected chi connectivity index (χ3v) is 5.10. The summed E-state index contributed by atoms with van der Waals surface area (Å²) in [5.74, 6) is -0.167. The van der Waals surface area contributed by atoms with Crippen LogP contribution in [-0.4, -0.2) is 13.1 Å². The van der Waals surface area contributed by atoms with Gasteiger partial charge in [0.2, 0.25) is 0 Å². The fourth-order valence-electron chi connectivity index (χ4n) is 3.71. The van der Waals surface area contributed by atoms with Crippen LogP contribution in [0.4, 0.5) is 4.39 Å². The molecule has 26 heavy (non-hydrogen) atoms. The summed E-state index contributed by atoms with van der Waals surface area (Å²) in [5, 5.41) is 0. The average Bonchev–Trinajstić information content (AvgIpc) is 3.11. The van der Waals surface area contributed by atoms with Crippen molar-refractivity contribution in [1.29, 1.82) is 0 Å². The van der Waals surface area contributed by atoms with Crippen molar-refractivity contribution >= 4 is 5.97 Å². The number of carbonyl (C=O) groups is 1. The van der Waals surface area contributed by atoms with Crippen LogP contribution in [0.3, 0.4) is 0 Å². The van der Waals surface area contributed by atoms with Gasteiger partial charge in [-0.25, -0.2) is 9.18 Å². The first-order valence-electron chi connectivity index (χ1n) is 8.70. The van der Waals surface area contributed by atoms with Gasteiger partial charge in [-0.3, -0.25) is 0 Å². The summed E-state index contributed by atoms with van der Waals surface area (Å²) in [6, 6.07) is 20.8. The number of fused-ring (bicyclic) bond motifs is 1. The highest BCUT2D eigenvalue weighted by atomic mass is 19.1. The van der Waals surface area contributed by atoms with Crippen molar-refractivity contribution in [3.63, 3.8) is 0 Å². The molecule has 0 aromatic heterocycles. The molecule has 0 radical (unpaired) electrons. The van der Waals surface area contributed by atoms with E-state index in [0.29, 0.717) is 11.5 Å². The third-order valence-electron chi connectivity index (χ3n) is 5.10. The van der Waals surface area contributed by atoms with Gasteiger partial charge in [-0.2, -0.15) is 0 Å². The number of rotatable bonds is 3. The molecule has 0 fully saturated rings. The van der Waals surface area contributed by atoms with Crippen LogP contribution in [0.5, 0.6) is 0 Å². The minimum absolute atomic E-state index is 0.222. The molecule has 1 unspecified atom stereocenters. The molecular formula is C23H19FO2. The highest BCUT2D eigenvalue weighted by Gasteiger charge is 2.24. The van der Waals surface area contributed by atoms with Gasteiger partial charge in [0.05, 0.1) is 12.7 Å². The van der Waals surface area contributed by atoms with Crippen molar-refractivity contribution in [3.8, 4) is 11.1 Å². The van der Waals surface area contributed by atoms with Crippen LogP contribution in [-0.2, 0) is 17.6 Å². The normalized spacial score (nSPS) is 15.5. The van der Waals surface area contributed by atoms with E-state index in [9.17, 15) is 9.18 Å². The van der Waals surface area contributed by atoms with Crippen molar-refractivity contribution in [2.45, 2.75) is 18.8 Å². The first-order valence-corrected chi connectivity index (χ1v) is 8.70. The maximum Gasteiger partial charge on any atom is 0.337 e. The molecule has 1 aliphatic rings. The Morgan fingerprint density at radius 2 is 1.65 bits per heavy atom. The number of halogens is 1. The zero-order valence-electron chi connectivity index (χ0n) is 14.5. The van der Waals surface area contributed by atoms with Crippen LogP contribution < -0.4 is 0 Å². The number of carbonyl (C=O) groups excluding carboxylic acids is 1. The number of hydrogen-bond acceptors (Lipinski definition) is 2. The second-order valence-corrected chi connectivity index (χ2v) is 6.71. The molecule has 2 nitrogen and oxygen atoms in total. The number of hydrogen-bond donors (Lipinski definition) is 0. The SMILES string of the molecule is COC(=O)c1cccc(C2Cc3ccc(-c4ccc(F)cc4)cc3C2)c1. The predicted octanol–water partition coefficient (Wildman–Crippen LogP) is 5.16. The van der Waals surface area contributed by atoms with Crippen molar-refractivity contribution < 1.29 is 13.9 Å². The van der Waals surface area contributed by atoms with Crippen LogP contribution in [0.1, 0.15) is 33.0 Å². The molecule has 3 heteroatoms. The zero-order chi connectivity index (χ0) is 18.1. The van der Waals surface area contributed by atoms with Gasteiger partial charge in [0.25, 0.3) is 0 Å². The number of esters is 1. The first kappa shape index (κ1) is 16.5. The summed E-state index contributed by atoms with van der Waals surface area (Å²) < 4.78 is 18.0. The van der Waals surface area contributed by atoms with E-state index in [4.69, 9.17) is 4.74 Å². The summed E-state index contributed by atoms with van der Waals surface area (Å²) in [6.07, 6.45) is 1.90. The Hall–Kier alpha value is -2.94. The lowest BCUT2D eigenvalue weighted by molar-refractivity contribution is 0.0600. The lowest BCUT2D eigenvalue weighted by Crippen LogP contribution is -2.04. The molecule has 1 atom stereocenters. The molecule has 130 valence electrons. The third kappa shape index (κ3) is 3.13. The summed E-state index contributed by atoms with van der Waals surface area (Å²) >= 11 is 0. The smallest absolute Gasteiger partial charge is 0.337 e. The highest BCUT2D eigenvalue weighted by Crippen LogP contribution is 2.36. The van der Waals surface area contributed by atoms with Crippen molar-refractivity contribution in [2.24, 2.45) is 0 Å². The zero-order valence-corrected chi connectivity index (χ0v) is 14.5. The molecule has 3 aromatic carbocycles. The van der Waals surface area contributed by atoms with Crippen LogP contribution in [0.15, 0.2) is 66.7 Å². The van der Waals surface area contributed by atoms with Gasteiger partial charge in [-0.05, 0) is 70.8 Å². The van der Waals surface area contributed by atoms with Gasteiger partial charge in [0.1, 0.15) is 5.82 Å². The molecule has 3 aromatic rings. The van der Waals surface area contributed by atoms with E-state index in [0.717, 1.165) is 29.5 Å². The molecule has 0 N–H and O–H groups in total. The maximum atomic E-state index is 13.1. The Labute approximate surface area is 152 Å². The minimum Gasteiger partial charge on any atom is -0.465 e. The number of benzene rings is 3. The molecule has 0 heterocycles. The summed E-state index contributed by atoms with van der Waals surface area (Å²) in [6.45, 7) is 0. The van der Waals surface area contributed by atoms with Crippen LogP contribution >= 0.6 is 0 Å². The lowest BCUT2D eigenvalue weighted by Gasteiger charge is -2.10. The molecule has 4 rings (SSSR count). The Morgan fingerprint density at radius 3 is 2.42 bits per heavy atom. The second-order valence-electron chi connectivity index (χ2n) is 6.71. The maximum absolute atomic E-state index is 13.1. The fraction of sp³-hybridized carbons (Fsp3) is 0.174. The van der Waals surface area contributed by atoms with Gasteiger partial charge in [0.15, 0.2) is 0 Å². The van der Waals surface area contributed by atoms with Crippen molar-refractivity contribution in [3.05, 3.63) is 94.8 Å². The van der Waals surface area contributed by atoms with E-state index in [2.05, 4.69) is 24.3 Å². The quantitative estimate of drug-likeness (QED) is 0.612. The second kappa shape index (κ2) is 6.75. The Kier molecular flexibility index (Phi) is 4.29. The monoisotopic (exact) mass is 346 g/mol. The number of methoxy groups -OCH3 is 1. The van der Waals surface area contributed by atoms with E-state index in [-0.39, 0.29) is 11.8 Å². The van der Waals surface area contributed by atoms with Gasteiger partial charge in [-0.1, -0.05) is 42.5 Å². The molecule has 0 saturated carbocycles. The molecule has 1 aliphatic carbocycles. The highest BCUT2D eigenvalue weighted by molar-refractivity contribution is 5.89. The molecule has 0 bridgehead atoms. The summed E-state index contributed by atoms with van der Waals surface area (Å²) in [7, 11) is 1.40. The predicted molar refractivity (Wildman–Crippen MR) is 99.8 cm³/mol. The van der Waals surface area contributed by atoms with Crippen molar-refractivity contribution in [1.82, 2.24) is 0 Å². The van der Waals surface area contributed by atoms with E-state index in [1.807, 2.05) is 24.3 Å². The van der Waals surface area contributed by atoms with E-state index in [1.54, 1.807) is 6.07 Å². The largest absolute Gasteiger partial charge is 0.465 e. The molecule has 0 spiro atoms. The Morgan fingerprint density at radius 1 is 0.923 bits per heavy atom. The van der Waals surface area contributed by atoms with Crippen molar-refractivity contribution in [2.75, 3.05) is 7.11 Å². The van der Waals surface area contributed by atoms with Gasteiger partial charge in [0, 0.05) is 0 Å². The average molecular weight is 346 g/mol. The van der Waals surface area contributed by atoms with Gasteiger partial charge in [-0.15, -0.1) is 0 Å². The Balaban J connectivity index is 1.60. The van der Waals surface area contributed by atoms with Gasteiger partial charge < -0.3 is 4.74 Å². The summed E-state index contributed by atoms with van der Waals surface area (Å²) in [5.41, 5.74) is 6.53. The molecular weight excluding hydrogens is 327 g/mol. The summed E-state index contributed by atoms with van der Waals surface area (Å²) in [4.78, 5) is 11.8. The minimum atomic E-state index is -0.305. The molecule has 0 aliphatic heterocycles. The topological polar surface area (TPSA) is 26.3 Å². The van der Waals surface area contributed by atoms with Crippen LogP contribution in [0.25, 0.3) is 11.1 Å². The lowest BCUT2D eigenvalue weighted by atomic mass is 9.94. The van der Waals surface area contributed by atoms with Gasteiger partial charge >= 0.3 is 5.97 Å². The molecule has 0 amide bonds. The first-order chi connectivity index (χ1) is 12.6. The molecule has 0 saturated heterocycles. The van der Waals surface area contributed by atoms with E-state index >= 15 is 0 Å². The van der Waals surface area contributed by atoms with Crippen LogP contribution in [0, 0.1) is 5.82 Å². The standard InChI is InChI=1S/C23H19FO2/c1-26-23(25)19-4-2-3-16(11-19)20-13-18-6-5-17(12-21(18)14-20)15-7-9-22(24)10-8-15/h2-12,20H,13-14H2,1H3. The Bertz CT molecular complexity index is 960. The van der Waals surface area contributed by atoms with Crippen LogP contribution in [0.2, 0.25) is 0 Å². The fourth-order valence-corrected chi connectivity index (χ4v) is 3.71. The number of ether oxygens (including phenoxy) is 1. The van der Waals surface area contributed by atoms with E-state index < -0.39 is 0 Å². The van der Waals surface area contributed by atoms with E-state index in [1.165, 1.54) is 30.4 Å².